The van der Waals surface area contributed by atoms with E-state index in [2.05, 4.69) is 10.1 Å². The molecule has 3 aromatic rings. The van der Waals surface area contributed by atoms with E-state index >= 15 is 0 Å². The van der Waals surface area contributed by atoms with Crippen molar-refractivity contribution in [3.63, 3.8) is 0 Å². The second-order valence-corrected chi connectivity index (χ2v) is 8.97. The monoisotopic (exact) mass is 556 g/mol. The van der Waals surface area contributed by atoms with Gasteiger partial charge in [-0.05, 0) is 36.8 Å². The average Bonchev–Trinajstić information content (AvgIpc) is 3.50. The van der Waals surface area contributed by atoms with E-state index in [-0.39, 0.29) is 11.5 Å². The first-order valence-electron chi connectivity index (χ1n) is 12.7. The highest BCUT2D eigenvalue weighted by atomic mass is 16.5. The molecule has 0 fully saturated rings. The van der Waals surface area contributed by atoms with Gasteiger partial charge >= 0.3 is 11.9 Å². The quantitative estimate of drug-likeness (QED) is 0.281. The Morgan fingerprint density at radius 2 is 1.49 bits per heavy atom. The topological polar surface area (TPSA) is 128 Å². The van der Waals surface area contributed by atoms with Crippen LogP contribution in [0.25, 0.3) is 11.3 Å². The van der Waals surface area contributed by atoms with Gasteiger partial charge in [0.15, 0.2) is 0 Å². The standard InChI is InChI=1S/C21H19NO5.C10H9NO3/c1-4-27-19(14-8-6-5-7-9-14)18-16-11-10-15(21(25)26-3)12-17(16)22(13(2)23)20(18)24;1-14-10(13)7-3-2-6-5-9(12)11-8(6)4-7/h5-12H,4H2,1-3H3;2-4H,5H2,1H3,(H,11,12)/b19-18+;. The van der Waals surface area contributed by atoms with Crippen molar-refractivity contribution in [2.75, 3.05) is 31.0 Å². The number of hydrogen-bond acceptors (Lipinski definition) is 8. The minimum Gasteiger partial charge on any atom is -0.492 e. The molecule has 3 aromatic carbocycles. The number of imide groups is 1. The highest BCUT2D eigenvalue weighted by molar-refractivity contribution is 6.43. The molecule has 0 atom stereocenters. The lowest BCUT2D eigenvalue weighted by molar-refractivity contribution is -0.122. The van der Waals surface area contributed by atoms with Crippen LogP contribution >= 0.6 is 0 Å². The zero-order valence-corrected chi connectivity index (χ0v) is 23.0. The molecule has 0 bridgehead atoms. The number of rotatable bonds is 5. The van der Waals surface area contributed by atoms with Gasteiger partial charge in [-0.2, -0.15) is 0 Å². The van der Waals surface area contributed by atoms with Crippen molar-refractivity contribution >= 4 is 52.4 Å². The highest BCUT2D eigenvalue weighted by Gasteiger charge is 2.38. The summed E-state index contributed by atoms with van der Waals surface area (Å²) < 4.78 is 15.1. The van der Waals surface area contributed by atoms with Gasteiger partial charge in [-0.1, -0.05) is 42.5 Å². The highest BCUT2D eigenvalue weighted by Crippen LogP contribution is 2.42. The Morgan fingerprint density at radius 1 is 0.854 bits per heavy atom. The molecule has 3 amide bonds. The third-order valence-electron chi connectivity index (χ3n) is 6.37. The van der Waals surface area contributed by atoms with Crippen molar-refractivity contribution in [1.82, 2.24) is 0 Å². The number of fused-ring (bicyclic) bond motifs is 2. The van der Waals surface area contributed by atoms with Gasteiger partial charge in [0.1, 0.15) is 5.76 Å². The van der Waals surface area contributed by atoms with E-state index in [1.165, 1.54) is 27.2 Å². The van der Waals surface area contributed by atoms with Gasteiger partial charge in [-0.3, -0.25) is 14.4 Å². The summed E-state index contributed by atoms with van der Waals surface area (Å²) >= 11 is 0. The number of nitrogens with zero attached hydrogens (tertiary/aromatic N) is 1. The van der Waals surface area contributed by atoms with Crippen molar-refractivity contribution in [1.29, 1.82) is 0 Å². The molecule has 0 spiro atoms. The molecule has 0 radical (unpaired) electrons. The normalized spacial score (nSPS) is 14.2. The van der Waals surface area contributed by atoms with Crippen LogP contribution in [0, 0.1) is 0 Å². The predicted octanol–water partition coefficient (Wildman–Crippen LogP) is 4.24. The van der Waals surface area contributed by atoms with Crippen LogP contribution in [0.2, 0.25) is 0 Å². The second kappa shape index (κ2) is 12.3. The first-order chi connectivity index (χ1) is 19.7. The number of nitrogens with one attached hydrogen (secondary N) is 1. The van der Waals surface area contributed by atoms with Crippen molar-refractivity contribution in [3.8, 4) is 0 Å². The summed E-state index contributed by atoms with van der Waals surface area (Å²) in [4.78, 5) is 60.4. The molecule has 2 heterocycles. The van der Waals surface area contributed by atoms with Crippen LogP contribution in [0.3, 0.4) is 0 Å². The first kappa shape index (κ1) is 28.8. The Balaban J connectivity index is 0.000000231. The zero-order chi connectivity index (χ0) is 29.7. The summed E-state index contributed by atoms with van der Waals surface area (Å²) in [5.74, 6) is -1.50. The number of amides is 3. The van der Waals surface area contributed by atoms with E-state index in [4.69, 9.17) is 9.47 Å². The van der Waals surface area contributed by atoms with Crippen LogP contribution in [0.5, 0.6) is 0 Å². The van der Waals surface area contributed by atoms with Gasteiger partial charge in [0, 0.05) is 23.7 Å². The maximum absolute atomic E-state index is 13.1. The predicted molar refractivity (Wildman–Crippen MR) is 151 cm³/mol. The number of anilines is 2. The number of benzene rings is 3. The van der Waals surface area contributed by atoms with Gasteiger partial charge < -0.3 is 19.5 Å². The van der Waals surface area contributed by atoms with E-state index in [0.717, 1.165) is 16.0 Å². The summed E-state index contributed by atoms with van der Waals surface area (Å²) in [6.45, 7) is 3.49. The van der Waals surface area contributed by atoms with Crippen molar-refractivity contribution in [2.24, 2.45) is 0 Å². The smallest absolute Gasteiger partial charge is 0.337 e. The molecule has 0 aromatic heterocycles. The minimum absolute atomic E-state index is 0.0398. The minimum atomic E-state index is -0.542. The third-order valence-corrected chi connectivity index (χ3v) is 6.37. The van der Waals surface area contributed by atoms with Crippen LogP contribution in [-0.2, 0) is 35.0 Å². The first-order valence-corrected chi connectivity index (χ1v) is 12.7. The fraction of sp³-hybridized carbons (Fsp3) is 0.194. The molecule has 2 aliphatic rings. The van der Waals surface area contributed by atoms with E-state index in [1.807, 2.05) is 37.3 Å². The second-order valence-electron chi connectivity index (χ2n) is 8.97. The lowest BCUT2D eigenvalue weighted by atomic mass is 10.0. The molecule has 2 aliphatic heterocycles. The van der Waals surface area contributed by atoms with E-state index in [9.17, 15) is 24.0 Å². The number of ether oxygens (including phenoxy) is 3. The molecule has 0 saturated carbocycles. The Kier molecular flexibility index (Phi) is 8.62. The molecule has 0 unspecified atom stereocenters. The van der Waals surface area contributed by atoms with Gasteiger partial charge in [0.05, 0.1) is 49.6 Å². The summed E-state index contributed by atoms with van der Waals surface area (Å²) in [6, 6.07) is 19.0. The molecule has 5 rings (SSSR count). The third kappa shape index (κ3) is 5.86. The van der Waals surface area contributed by atoms with Gasteiger partial charge in [0.2, 0.25) is 11.8 Å². The van der Waals surface area contributed by atoms with Gasteiger partial charge in [-0.15, -0.1) is 0 Å². The van der Waals surface area contributed by atoms with E-state index in [0.29, 0.717) is 46.9 Å². The summed E-state index contributed by atoms with van der Waals surface area (Å²) in [6.07, 6.45) is 0.386. The van der Waals surface area contributed by atoms with Crippen molar-refractivity contribution < 1.29 is 38.2 Å². The molecular weight excluding hydrogens is 528 g/mol. The molecule has 41 heavy (non-hydrogen) atoms. The maximum atomic E-state index is 13.1. The van der Waals surface area contributed by atoms with Gasteiger partial charge in [0.25, 0.3) is 5.91 Å². The largest absolute Gasteiger partial charge is 0.492 e. The summed E-state index contributed by atoms with van der Waals surface area (Å²) in [5.41, 5.74) is 4.25. The van der Waals surface area contributed by atoms with Crippen molar-refractivity contribution in [3.05, 3.63) is 94.5 Å². The summed E-state index contributed by atoms with van der Waals surface area (Å²) in [7, 11) is 2.60. The molecular formula is C31H28N2O8. The zero-order valence-electron chi connectivity index (χ0n) is 23.0. The SMILES string of the molecule is CCO/C(=C1/C(=O)N(C(C)=O)c2cc(C(=O)OC)ccc21)c1ccccc1.COC(=O)c1ccc2c(c1)NC(=O)C2. The number of esters is 2. The fourth-order valence-corrected chi connectivity index (χ4v) is 4.53. The Labute approximate surface area is 236 Å². The Morgan fingerprint density at radius 3 is 2.10 bits per heavy atom. The van der Waals surface area contributed by atoms with Crippen LogP contribution in [0.4, 0.5) is 11.4 Å². The molecule has 0 saturated heterocycles. The molecule has 10 heteroatoms. The van der Waals surface area contributed by atoms with Crippen LogP contribution in [-0.4, -0.2) is 50.5 Å². The number of carbonyl (C=O) groups excluding carboxylic acids is 5. The molecule has 210 valence electrons. The Bertz CT molecular complexity index is 1580. The molecule has 1 N–H and O–H groups in total. The fourth-order valence-electron chi connectivity index (χ4n) is 4.53. The van der Waals surface area contributed by atoms with Crippen LogP contribution in [0.15, 0.2) is 66.7 Å². The molecule has 10 nitrogen and oxygen atoms in total. The Hall–Kier alpha value is -5.25. The number of carbonyl (C=O) groups is 5. The lowest BCUT2D eigenvalue weighted by Gasteiger charge is -2.13. The van der Waals surface area contributed by atoms with Crippen LogP contribution < -0.4 is 10.2 Å². The maximum Gasteiger partial charge on any atom is 0.337 e. The number of hydrogen-bond donors (Lipinski definition) is 1. The van der Waals surface area contributed by atoms with Gasteiger partial charge in [-0.25, -0.2) is 14.5 Å². The summed E-state index contributed by atoms with van der Waals surface area (Å²) in [5, 5.41) is 2.67. The van der Waals surface area contributed by atoms with Crippen LogP contribution in [0.1, 0.15) is 51.3 Å². The lowest BCUT2D eigenvalue weighted by Crippen LogP contribution is -2.31. The van der Waals surface area contributed by atoms with Crippen molar-refractivity contribution in [2.45, 2.75) is 20.3 Å². The van der Waals surface area contributed by atoms with E-state index in [1.54, 1.807) is 30.3 Å². The average molecular weight is 557 g/mol. The number of methoxy groups -OCH3 is 2. The molecule has 0 aliphatic carbocycles. The van der Waals surface area contributed by atoms with E-state index < -0.39 is 23.8 Å².